The highest BCUT2D eigenvalue weighted by Crippen LogP contribution is 2.27. The van der Waals surface area contributed by atoms with E-state index in [0.717, 1.165) is 30.9 Å². The van der Waals surface area contributed by atoms with Gasteiger partial charge in [-0.05, 0) is 30.5 Å². The number of thioether (sulfide) groups is 1. The molecule has 2 atom stereocenters. The van der Waals surface area contributed by atoms with Crippen molar-refractivity contribution in [2.75, 3.05) is 27.8 Å². The maximum atomic E-state index is 11.7. The molecular weight excluding hydrogens is 312 g/mol. The maximum absolute atomic E-state index is 11.7. The molecule has 0 aliphatic carbocycles. The lowest BCUT2D eigenvalue weighted by Gasteiger charge is -2.15. The Morgan fingerprint density at radius 1 is 1.35 bits per heavy atom. The van der Waals surface area contributed by atoms with Gasteiger partial charge in [0, 0.05) is 37.1 Å². The highest BCUT2D eigenvalue weighted by Gasteiger charge is 2.25. The lowest BCUT2D eigenvalue weighted by molar-refractivity contribution is -0.168. The zero-order valence-corrected chi connectivity index (χ0v) is 14.9. The van der Waals surface area contributed by atoms with Gasteiger partial charge in [0.15, 0.2) is 0 Å². The number of amides is 1. The molecule has 0 bridgehead atoms. The Morgan fingerprint density at radius 2 is 2.09 bits per heavy atom. The van der Waals surface area contributed by atoms with Crippen molar-refractivity contribution in [1.29, 1.82) is 0 Å². The molecule has 1 N–H and O–H groups in total. The number of nitrogens with one attached hydrogen (secondary N) is 1. The minimum absolute atomic E-state index is 0.0311. The summed E-state index contributed by atoms with van der Waals surface area (Å²) in [6.07, 6.45) is 2.51. The normalized spacial score (nSPS) is 20.5. The van der Waals surface area contributed by atoms with E-state index in [1.165, 1.54) is 17.7 Å². The molecule has 1 amide bonds. The Labute approximate surface area is 142 Å². The topological polar surface area (TPSA) is 50.8 Å². The van der Waals surface area contributed by atoms with Crippen molar-refractivity contribution in [2.45, 2.75) is 36.3 Å². The van der Waals surface area contributed by atoms with E-state index in [0.29, 0.717) is 17.7 Å². The first-order valence-corrected chi connectivity index (χ1v) is 8.95. The zero-order chi connectivity index (χ0) is 16.7. The van der Waals surface area contributed by atoms with E-state index in [-0.39, 0.29) is 5.91 Å². The average molecular weight is 338 g/mol. The van der Waals surface area contributed by atoms with Crippen molar-refractivity contribution in [1.82, 2.24) is 10.4 Å². The van der Waals surface area contributed by atoms with Gasteiger partial charge in [-0.15, -0.1) is 0 Å². The van der Waals surface area contributed by atoms with E-state index in [9.17, 15) is 4.79 Å². The van der Waals surface area contributed by atoms with Crippen LogP contribution in [-0.4, -0.2) is 50.1 Å². The van der Waals surface area contributed by atoms with Crippen LogP contribution in [0.1, 0.15) is 24.8 Å². The van der Waals surface area contributed by atoms with Crippen LogP contribution in [0.5, 0.6) is 5.75 Å². The van der Waals surface area contributed by atoms with Gasteiger partial charge < -0.3 is 10.1 Å². The molecule has 1 aromatic carbocycles. The summed E-state index contributed by atoms with van der Waals surface area (Å²) in [6.45, 7) is 1.01. The van der Waals surface area contributed by atoms with Gasteiger partial charge in [0.25, 0.3) is 0 Å². The fourth-order valence-electron chi connectivity index (χ4n) is 2.62. The summed E-state index contributed by atoms with van der Waals surface area (Å²) in [5.41, 5.74) is 1.32. The molecule has 1 aliphatic rings. The third kappa shape index (κ3) is 5.71. The van der Waals surface area contributed by atoms with Crippen LogP contribution in [0.15, 0.2) is 24.3 Å². The fourth-order valence-corrected chi connectivity index (χ4v) is 3.82. The molecule has 2 unspecified atom stereocenters. The quantitative estimate of drug-likeness (QED) is 0.738. The van der Waals surface area contributed by atoms with Gasteiger partial charge in [0.2, 0.25) is 5.91 Å². The van der Waals surface area contributed by atoms with Crippen molar-refractivity contribution in [3.63, 3.8) is 0 Å². The molecule has 0 radical (unpaired) electrons. The summed E-state index contributed by atoms with van der Waals surface area (Å²) in [5.74, 6) is 1.93. The minimum atomic E-state index is 0.0311. The Morgan fingerprint density at radius 3 is 2.74 bits per heavy atom. The molecule has 2 rings (SSSR count). The molecule has 1 aromatic rings. The Hall–Kier alpha value is -1.24. The molecule has 6 heteroatoms. The van der Waals surface area contributed by atoms with Gasteiger partial charge >= 0.3 is 0 Å². The van der Waals surface area contributed by atoms with E-state index in [1.54, 1.807) is 14.2 Å². The predicted molar refractivity (Wildman–Crippen MR) is 93.5 cm³/mol. The second-order valence-electron chi connectivity index (χ2n) is 5.73. The first-order valence-electron chi connectivity index (χ1n) is 7.91. The van der Waals surface area contributed by atoms with E-state index in [1.807, 2.05) is 23.9 Å². The van der Waals surface area contributed by atoms with Gasteiger partial charge in [-0.1, -0.05) is 12.1 Å². The van der Waals surface area contributed by atoms with Crippen LogP contribution < -0.4 is 10.1 Å². The molecule has 1 aliphatic heterocycles. The molecule has 23 heavy (non-hydrogen) atoms. The summed E-state index contributed by atoms with van der Waals surface area (Å²) < 4.78 is 5.18. The molecule has 0 aromatic heterocycles. The van der Waals surface area contributed by atoms with E-state index < -0.39 is 0 Å². The van der Waals surface area contributed by atoms with Crippen molar-refractivity contribution in [3.05, 3.63) is 29.8 Å². The average Bonchev–Trinajstić information content (AvgIpc) is 3.05. The number of carbonyl (C=O) groups excluding carboxylic acids is 1. The van der Waals surface area contributed by atoms with Crippen LogP contribution in [0.3, 0.4) is 0 Å². The van der Waals surface area contributed by atoms with E-state index in [4.69, 9.17) is 9.57 Å². The predicted octanol–water partition coefficient (Wildman–Crippen LogP) is 2.46. The fraction of sp³-hybridized carbons (Fsp3) is 0.588. The molecular formula is C17H26N2O3S. The smallest absolute Gasteiger partial charge is 0.245 e. The molecule has 0 saturated carbocycles. The Kier molecular flexibility index (Phi) is 7.20. The number of benzene rings is 1. The van der Waals surface area contributed by atoms with Gasteiger partial charge in [-0.3, -0.25) is 9.63 Å². The monoisotopic (exact) mass is 338 g/mol. The van der Waals surface area contributed by atoms with Crippen molar-refractivity contribution >= 4 is 17.7 Å². The number of hydrogen-bond donors (Lipinski definition) is 1. The van der Waals surface area contributed by atoms with Crippen LogP contribution in [0.2, 0.25) is 0 Å². The summed E-state index contributed by atoms with van der Waals surface area (Å²) in [4.78, 5) is 16.6. The van der Waals surface area contributed by atoms with E-state index in [2.05, 4.69) is 17.4 Å². The van der Waals surface area contributed by atoms with Gasteiger partial charge in [0.05, 0.1) is 14.2 Å². The highest BCUT2D eigenvalue weighted by atomic mass is 32.2. The lowest BCUT2D eigenvalue weighted by Crippen LogP contribution is -2.28. The molecule has 5 nitrogen and oxygen atoms in total. The number of hydrogen-bond acceptors (Lipinski definition) is 5. The molecule has 1 fully saturated rings. The maximum Gasteiger partial charge on any atom is 0.245 e. The summed E-state index contributed by atoms with van der Waals surface area (Å²) in [7, 11) is 4.85. The Bertz CT molecular complexity index is 495. The van der Waals surface area contributed by atoms with Crippen molar-refractivity contribution in [3.8, 4) is 5.75 Å². The third-order valence-corrected chi connectivity index (χ3v) is 5.49. The number of carbonyl (C=O) groups is 1. The second-order valence-corrected chi connectivity index (χ2v) is 7.02. The van der Waals surface area contributed by atoms with Crippen molar-refractivity contribution < 1.29 is 14.4 Å². The highest BCUT2D eigenvalue weighted by molar-refractivity contribution is 7.99. The van der Waals surface area contributed by atoms with Crippen molar-refractivity contribution in [2.24, 2.45) is 0 Å². The van der Waals surface area contributed by atoms with Crippen LogP contribution in [-0.2, 0) is 15.4 Å². The standard InChI is InChI=1S/C17H26N2O3S/c1-19(22-3)17(20)9-6-14-10-16(11-18-14)23-12-13-4-7-15(21-2)8-5-13/h4-5,7-8,14,16,18H,6,9-12H2,1-3H3. The van der Waals surface area contributed by atoms with Gasteiger partial charge in [-0.2, -0.15) is 11.8 Å². The molecule has 1 saturated heterocycles. The zero-order valence-electron chi connectivity index (χ0n) is 14.1. The summed E-state index contributed by atoms with van der Waals surface area (Å²) in [6, 6.07) is 8.67. The van der Waals surface area contributed by atoms with E-state index >= 15 is 0 Å². The number of hydroxylamine groups is 2. The molecule has 1 heterocycles. The Balaban J connectivity index is 1.67. The minimum Gasteiger partial charge on any atom is -0.497 e. The lowest BCUT2D eigenvalue weighted by atomic mass is 10.1. The molecule has 128 valence electrons. The first-order chi connectivity index (χ1) is 11.1. The first kappa shape index (κ1) is 18.1. The largest absolute Gasteiger partial charge is 0.497 e. The van der Waals surface area contributed by atoms with Crippen LogP contribution >= 0.6 is 11.8 Å². The number of nitrogens with zero attached hydrogens (tertiary/aromatic N) is 1. The summed E-state index contributed by atoms with van der Waals surface area (Å²) >= 11 is 1.98. The third-order valence-electron chi connectivity index (χ3n) is 4.16. The molecule has 0 spiro atoms. The van der Waals surface area contributed by atoms with Crippen LogP contribution in [0.25, 0.3) is 0 Å². The van der Waals surface area contributed by atoms with Crippen LogP contribution in [0.4, 0.5) is 0 Å². The van der Waals surface area contributed by atoms with Gasteiger partial charge in [0.1, 0.15) is 5.75 Å². The summed E-state index contributed by atoms with van der Waals surface area (Å²) in [5, 5.41) is 5.43. The van der Waals surface area contributed by atoms with Crippen LogP contribution in [0, 0.1) is 0 Å². The number of ether oxygens (including phenoxy) is 1. The SMILES string of the molecule is COc1ccc(CSC2CNC(CCC(=O)N(C)OC)C2)cc1. The number of rotatable bonds is 8. The number of methoxy groups -OCH3 is 1. The van der Waals surface area contributed by atoms with Gasteiger partial charge in [-0.25, -0.2) is 5.06 Å². The second kappa shape index (κ2) is 9.15.